The van der Waals surface area contributed by atoms with E-state index in [1.165, 1.54) is 11.6 Å². The van der Waals surface area contributed by atoms with Gasteiger partial charge in [-0.3, -0.25) is 4.79 Å². The first kappa shape index (κ1) is 16.4. The van der Waals surface area contributed by atoms with Gasteiger partial charge in [0.15, 0.2) is 5.82 Å². The molecule has 0 saturated carbocycles. The summed E-state index contributed by atoms with van der Waals surface area (Å²) >= 11 is 11.4. The lowest BCUT2D eigenvalue weighted by atomic mass is 10.2. The number of hydrogen-bond donors (Lipinski definition) is 0. The molecule has 0 N–H and O–H groups in total. The van der Waals surface area contributed by atoms with E-state index >= 15 is 0 Å². The highest BCUT2D eigenvalue weighted by Crippen LogP contribution is 2.29. The molecule has 0 aliphatic carbocycles. The highest BCUT2D eigenvalue weighted by atomic mass is 35.5. The molecule has 0 aliphatic rings. The van der Waals surface area contributed by atoms with Gasteiger partial charge in [0.25, 0.3) is 5.56 Å². The molecule has 3 aromatic rings. The molecule has 2 aromatic carbocycles. The van der Waals surface area contributed by atoms with Gasteiger partial charge in [0.05, 0.1) is 10.4 Å². The summed E-state index contributed by atoms with van der Waals surface area (Å²) in [6.07, 6.45) is 1.54. The quantitative estimate of drug-likeness (QED) is 0.707. The fraction of sp³-hybridized carbons (Fsp3) is 0.0625. The summed E-state index contributed by atoms with van der Waals surface area (Å²) < 4.78 is 20.5. The van der Waals surface area contributed by atoms with Crippen molar-refractivity contribution in [3.05, 3.63) is 69.2 Å². The predicted molar refractivity (Wildman–Crippen MR) is 90.6 cm³/mol. The standard InChI is InChI=1S/C16H10Cl2FN3O2/c17-6-3-7-24-15-9-14(12(19)8-11(15)18)22-16(23)10-4-1-2-5-13(10)20-21-22/h1-6,8-9H,7H2/b6-3+. The number of halogens is 3. The number of nitrogens with zero attached hydrogens (tertiary/aromatic N) is 3. The van der Waals surface area contributed by atoms with Crippen LogP contribution in [0.25, 0.3) is 16.6 Å². The van der Waals surface area contributed by atoms with Crippen LogP contribution in [-0.2, 0) is 0 Å². The monoisotopic (exact) mass is 365 g/mol. The number of aromatic nitrogens is 3. The first-order chi connectivity index (χ1) is 11.6. The molecule has 0 radical (unpaired) electrons. The van der Waals surface area contributed by atoms with Gasteiger partial charge in [0, 0.05) is 11.6 Å². The van der Waals surface area contributed by atoms with Crippen LogP contribution >= 0.6 is 23.2 Å². The number of fused-ring (bicyclic) bond motifs is 1. The molecule has 3 rings (SSSR count). The number of ether oxygens (including phenoxy) is 1. The maximum absolute atomic E-state index is 14.3. The second kappa shape index (κ2) is 6.98. The van der Waals surface area contributed by atoms with E-state index in [9.17, 15) is 9.18 Å². The maximum atomic E-state index is 14.3. The molecule has 0 amide bonds. The lowest BCUT2D eigenvalue weighted by Crippen LogP contribution is -2.23. The van der Waals surface area contributed by atoms with Crippen molar-refractivity contribution in [3.8, 4) is 11.4 Å². The minimum Gasteiger partial charge on any atom is -0.488 e. The molecule has 0 atom stereocenters. The zero-order valence-corrected chi connectivity index (χ0v) is 13.6. The summed E-state index contributed by atoms with van der Waals surface area (Å²) in [5, 5.41) is 8.11. The van der Waals surface area contributed by atoms with E-state index in [0.717, 1.165) is 10.7 Å². The lowest BCUT2D eigenvalue weighted by molar-refractivity contribution is 0.362. The van der Waals surface area contributed by atoms with Crippen molar-refractivity contribution in [1.82, 2.24) is 15.0 Å². The molecular weight excluding hydrogens is 356 g/mol. The molecule has 0 spiro atoms. The third-order valence-electron chi connectivity index (χ3n) is 3.22. The maximum Gasteiger partial charge on any atom is 0.282 e. The van der Waals surface area contributed by atoms with Gasteiger partial charge in [-0.2, -0.15) is 4.68 Å². The fourth-order valence-electron chi connectivity index (χ4n) is 2.11. The van der Waals surface area contributed by atoms with Gasteiger partial charge in [-0.25, -0.2) is 4.39 Å². The molecule has 0 bridgehead atoms. The van der Waals surface area contributed by atoms with Crippen LogP contribution in [0.15, 0.2) is 52.8 Å². The summed E-state index contributed by atoms with van der Waals surface area (Å²) in [6.45, 7) is 0.145. The largest absolute Gasteiger partial charge is 0.488 e. The highest BCUT2D eigenvalue weighted by Gasteiger charge is 2.15. The lowest BCUT2D eigenvalue weighted by Gasteiger charge is -2.10. The van der Waals surface area contributed by atoms with Gasteiger partial charge in [-0.1, -0.05) is 40.5 Å². The molecule has 0 unspecified atom stereocenters. The molecule has 0 aliphatic heterocycles. The second-order valence-corrected chi connectivity index (χ2v) is 5.39. The minimum absolute atomic E-state index is 0.0704. The summed E-state index contributed by atoms with van der Waals surface area (Å²) in [4.78, 5) is 12.5. The van der Waals surface area contributed by atoms with Crippen molar-refractivity contribution in [1.29, 1.82) is 0 Å². The molecular formula is C16H10Cl2FN3O2. The third-order valence-corrected chi connectivity index (χ3v) is 3.70. The minimum atomic E-state index is -0.716. The van der Waals surface area contributed by atoms with Gasteiger partial charge in [0.2, 0.25) is 0 Å². The second-order valence-electron chi connectivity index (χ2n) is 4.73. The van der Waals surface area contributed by atoms with Crippen LogP contribution in [0, 0.1) is 5.82 Å². The molecule has 0 saturated heterocycles. The summed E-state index contributed by atoms with van der Waals surface area (Å²) in [5.41, 5.74) is 1.12. The Morgan fingerprint density at radius 1 is 1.29 bits per heavy atom. The molecule has 1 aromatic heterocycles. The third kappa shape index (κ3) is 3.11. The first-order valence-electron chi connectivity index (χ1n) is 6.84. The summed E-state index contributed by atoms with van der Waals surface area (Å²) in [6, 6.07) is 9.03. The van der Waals surface area contributed by atoms with E-state index in [0.29, 0.717) is 10.9 Å². The van der Waals surface area contributed by atoms with Crippen molar-refractivity contribution >= 4 is 34.1 Å². The fourth-order valence-corrected chi connectivity index (χ4v) is 2.39. The summed E-state index contributed by atoms with van der Waals surface area (Å²) in [5.74, 6) is -0.517. The van der Waals surface area contributed by atoms with Crippen LogP contribution in [0.2, 0.25) is 5.02 Å². The number of hydrogen-bond acceptors (Lipinski definition) is 4. The van der Waals surface area contributed by atoms with Gasteiger partial charge in [-0.05, 0) is 24.3 Å². The van der Waals surface area contributed by atoms with Crippen molar-refractivity contribution in [2.24, 2.45) is 0 Å². The van der Waals surface area contributed by atoms with Gasteiger partial charge in [0.1, 0.15) is 23.6 Å². The van der Waals surface area contributed by atoms with Crippen molar-refractivity contribution in [2.45, 2.75) is 0 Å². The molecule has 8 heteroatoms. The number of rotatable bonds is 4. The zero-order valence-electron chi connectivity index (χ0n) is 12.1. The predicted octanol–water partition coefficient (Wildman–Crippen LogP) is 3.70. The van der Waals surface area contributed by atoms with E-state index in [4.69, 9.17) is 27.9 Å². The Bertz CT molecular complexity index is 989. The average molecular weight is 366 g/mol. The Morgan fingerprint density at radius 2 is 2.08 bits per heavy atom. The van der Waals surface area contributed by atoms with Crippen LogP contribution in [0.4, 0.5) is 4.39 Å². The van der Waals surface area contributed by atoms with Gasteiger partial charge < -0.3 is 4.74 Å². The van der Waals surface area contributed by atoms with E-state index in [2.05, 4.69) is 10.3 Å². The Labute approximate surface area is 145 Å². The van der Waals surface area contributed by atoms with Crippen molar-refractivity contribution in [2.75, 3.05) is 6.61 Å². The smallest absolute Gasteiger partial charge is 0.282 e. The Morgan fingerprint density at radius 3 is 2.88 bits per heavy atom. The molecule has 1 heterocycles. The van der Waals surface area contributed by atoms with Crippen LogP contribution in [0.5, 0.6) is 5.75 Å². The average Bonchev–Trinajstić information content (AvgIpc) is 2.58. The Balaban J connectivity index is 2.13. The van der Waals surface area contributed by atoms with Crippen LogP contribution in [0.3, 0.4) is 0 Å². The van der Waals surface area contributed by atoms with E-state index in [1.54, 1.807) is 30.3 Å². The molecule has 5 nitrogen and oxygen atoms in total. The van der Waals surface area contributed by atoms with Crippen molar-refractivity contribution in [3.63, 3.8) is 0 Å². The normalized spacial score (nSPS) is 11.3. The van der Waals surface area contributed by atoms with E-state index < -0.39 is 11.4 Å². The van der Waals surface area contributed by atoms with Crippen LogP contribution < -0.4 is 10.3 Å². The molecule has 24 heavy (non-hydrogen) atoms. The first-order valence-corrected chi connectivity index (χ1v) is 7.65. The Kier molecular flexibility index (Phi) is 4.78. The Hall–Kier alpha value is -2.44. The van der Waals surface area contributed by atoms with Crippen molar-refractivity contribution < 1.29 is 9.13 Å². The SMILES string of the molecule is O=c1c2ccccc2nnn1-c1cc(OC/C=C/Cl)c(Cl)cc1F. The van der Waals surface area contributed by atoms with Gasteiger partial charge >= 0.3 is 0 Å². The van der Waals surface area contributed by atoms with Crippen LogP contribution in [-0.4, -0.2) is 21.6 Å². The topological polar surface area (TPSA) is 57.0 Å². The highest BCUT2D eigenvalue weighted by molar-refractivity contribution is 6.32. The molecule has 122 valence electrons. The number of benzene rings is 2. The van der Waals surface area contributed by atoms with Crippen LogP contribution in [0.1, 0.15) is 0 Å². The van der Waals surface area contributed by atoms with E-state index in [1.807, 2.05) is 0 Å². The van der Waals surface area contributed by atoms with E-state index in [-0.39, 0.29) is 23.1 Å². The van der Waals surface area contributed by atoms with Gasteiger partial charge in [-0.15, -0.1) is 5.10 Å². The zero-order chi connectivity index (χ0) is 17.1. The molecule has 0 fully saturated rings. The summed E-state index contributed by atoms with van der Waals surface area (Å²) in [7, 11) is 0.